The van der Waals surface area contributed by atoms with Gasteiger partial charge in [0, 0.05) is 31.4 Å². The van der Waals surface area contributed by atoms with E-state index < -0.39 is 0 Å². The summed E-state index contributed by atoms with van der Waals surface area (Å²) in [6, 6.07) is 17.4. The SMILES string of the molecule is CCCCN(C)CCc1ccc(CN(CC)c2cccc(OC)c2)cc1. The molecule has 0 aliphatic carbocycles. The number of nitrogens with zero attached hydrogens (tertiary/aromatic N) is 2. The Morgan fingerprint density at radius 2 is 1.65 bits per heavy atom. The molecule has 0 bridgehead atoms. The van der Waals surface area contributed by atoms with Crippen LogP contribution in [-0.2, 0) is 13.0 Å². The van der Waals surface area contributed by atoms with Gasteiger partial charge in [-0.1, -0.05) is 43.7 Å². The summed E-state index contributed by atoms with van der Waals surface area (Å²) in [4.78, 5) is 4.80. The molecule has 0 saturated carbocycles. The van der Waals surface area contributed by atoms with Crippen LogP contribution in [0.5, 0.6) is 5.75 Å². The van der Waals surface area contributed by atoms with Gasteiger partial charge in [0.05, 0.1) is 7.11 Å². The van der Waals surface area contributed by atoms with Crippen molar-refractivity contribution in [2.24, 2.45) is 0 Å². The van der Waals surface area contributed by atoms with Crippen LogP contribution in [0.1, 0.15) is 37.8 Å². The summed E-state index contributed by atoms with van der Waals surface area (Å²) in [6.07, 6.45) is 3.67. The third kappa shape index (κ3) is 6.38. The molecule has 26 heavy (non-hydrogen) atoms. The fourth-order valence-electron chi connectivity index (χ4n) is 3.08. The number of methoxy groups -OCH3 is 1. The smallest absolute Gasteiger partial charge is 0.120 e. The van der Waals surface area contributed by atoms with Gasteiger partial charge < -0.3 is 14.5 Å². The lowest BCUT2D eigenvalue weighted by Crippen LogP contribution is -2.22. The van der Waals surface area contributed by atoms with E-state index in [0.717, 1.165) is 31.8 Å². The van der Waals surface area contributed by atoms with Crippen molar-refractivity contribution >= 4 is 5.69 Å². The maximum atomic E-state index is 5.36. The highest BCUT2D eigenvalue weighted by Crippen LogP contribution is 2.22. The average molecular weight is 355 g/mol. The number of anilines is 1. The molecule has 3 heteroatoms. The fourth-order valence-corrected chi connectivity index (χ4v) is 3.08. The quantitative estimate of drug-likeness (QED) is 0.565. The Labute approximate surface area is 159 Å². The Bertz CT molecular complexity index is 639. The zero-order valence-electron chi connectivity index (χ0n) is 16.9. The number of rotatable bonds is 11. The van der Waals surface area contributed by atoms with Gasteiger partial charge in [0.25, 0.3) is 0 Å². The van der Waals surface area contributed by atoms with Crippen molar-refractivity contribution in [2.45, 2.75) is 39.7 Å². The highest BCUT2D eigenvalue weighted by molar-refractivity contribution is 5.51. The summed E-state index contributed by atoms with van der Waals surface area (Å²) in [5.41, 5.74) is 3.97. The minimum atomic E-state index is 0.906. The lowest BCUT2D eigenvalue weighted by Gasteiger charge is -2.24. The lowest BCUT2D eigenvalue weighted by molar-refractivity contribution is 0.332. The second-order valence-electron chi connectivity index (χ2n) is 6.94. The highest BCUT2D eigenvalue weighted by atomic mass is 16.5. The molecule has 0 N–H and O–H groups in total. The van der Waals surface area contributed by atoms with E-state index in [1.54, 1.807) is 7.11 Å². The predicted molar refractivity (Wildman–Crippen MR) is 112 cm³/mol. The number of hydrogen-bond acceptors (Lipinski definition) is 3. The molecule has 0 heterocycles. The molecule has 0 spiro atoms. The van der Waals surface area contributed by atoms with Crippen LogP contribution in [0.15, 0.2) is 48.5 Å². The fraction of sp³-hybridized carbons (Fsp3) is 0.478. The van der Waals surface area contributed by atoms with Crippen molar-refractivity contribution in [3.63, 3.8) is 0 Å². The summed E-state index contributed by atoms with van der Waals surface area (Å²) in [7, 11) is 3.94. The molecular weight excluding hydrogens is 320 g/mol. The summed E-state index contributed by atoms with van der Waals surface area (Å²) in [5, 5.41) is 0. The molecule has 142 valence electrons. The normalized spacial score (nSPS) is 11.0. The number of likely N-dealkylation sites (N-methyl/N-ethyl adjacent to an activating group) is 1. The molecule has 2 rings (SSSR count). The number of ether oxygens (including phenoxy) is 1. The van der Waals surface area contributed by atoms with Gasteiger partial charge >= 0.3 is 0 Å². The average Bonchev–Trinajstić information content (AvgIpc) is 2.69. The molecule has 0 aromatic heterocycles. The molecule has 2 aromatic carbocycles. The summed E-state index contributed by atoms with van der Waals surface area (Å²) in [6.45, 7) is 8.65. The van der Waals surface area contributed by atoms with E-state index in [2.05, 4.69) is 73.2 Å². The molecular formula is C23H34N2O. The van der Waals surface area contributed by atoms with Crippen molar-refractivity contribution in [1.82, 2.24) is 4.90 Å². The van der Waals surface area contributed by atoms with Gasteiger partial charge in [-0.15, -0.1) is 0 Å². The maximum Gasteiger partial charge on any atom is 0.120 e. The van der Waals surface area contributed by atoms with E-state index >= 15 is 0 Å². The first-order chi connectivity index (χ1) is 12.7. The Morgan fingerprint density at radius 1 is 0.923 bits per heavy atom. The molecule has 0 unspecified atom stereocenters. The molecule has 0 fully saturated rings. The van der Waals surface area contributed by atoms with E-state index in [-0.39, 0.29) is 0 Å². The Morgan fingerprint density at radius 3 is 2.31 bits per heavy atom. The monoisotopic (exact) mass is 354 g/mol. The van der Waals surface area contributed by atoms with E-state index in [9.17, 15) is 0 Å². The zero-order chi connectivity index (χ0) is 18.8. The third-order valence-corrected chi connectivity index (χ3v) is 4.87. The van der Waals surface area contributed by atoms with Gasteiger partial charge in [-0.2, -0.15) is 0 Å². The molecule has 2 aromatic rings. The summed E-state index contributed by atoms with van der Waals surface area (Å²) < 4.78 is 5.36. The number of hydrogen-bond donors (Lipinski definition) is 0. The first-order valence-corrected chi connectivity index (χ1v) is 9.81. The van der Waals surface area contributed by atoms with Crippen molar-refractivity contribution < 1.29 is 4.74 Å². The van der Waals surface area contributed by atoms with Crippen LogP contribution >= 0.6 is 0 Å². The third-order valence-electron chi connectivity index (χ3n) is 4.87. The first kappa shape index (κ1) is 20.3. The minimum absolute atomic E-state index is 0.906. The van der Waals surface area contributed by atoms with Crippen molar-refractivity contribution in [2.75, 3.05) is 38.7 Å². The van der Waals surface area contributed by atoms with Crippen LogP contribution in [0.3, 0.4) is 0 Å². The van der Waals surface area contributed by atoms with Gasteiger partial charge in [-0.25, -0.2) is 0 Å². The molecule has 0 aliphatic heterocycles. The molecule has 0 saturated heterocycles. The lowest BCUT2D eigenvalue weighted by atomic mass is 10.1. The number of benzene rings is 2. The van der Waals surface area contributed by atoms with Gasteiger partial charge in [-0.05, 0) is 56.6 Å². The minimum Gasteiger partial charge on any atom is -0.497 e. The van der Waals surface area contributed by atoms with Gasteiger partial charge in [0.1, 0.15) is 5.75 Å². The summed E-state index contributed by atoms with van der Waals surface area (Å²) in [5.74, 6) is 0.906. The van der Waals surface area contributed by atoms with Crippen molar-refractivity contribution in [3.05, 3.63) is 59.7 Å². The van der Waals surface area contributed by atoms with Gasteiger partial charge in [-0.3, -0.25) is 0 Å². The van der Waals surface area contributed by atoms with Crippen LogP contribution < -0.4 is 9.64 Å². The van der Waals surface area contributed by atoms with Crippen LogP contribution in [0.4, 0.5) is 5.69 Å². The van der Waals surface area contributed by atoms with Crippen molar-refractivity contribution in [1.29, 1.82) is 0 Å². The van der Waals surface area contributed by atoms with Crippen molar-refractivity contribution in [3.8, 4) is 5.75 Å². The van der Waals surface area contributed by atoms with Crippen LogP contribution in [0, 0.1) is 0 Å². The van der Waals surface area contributed by atoms with E-state index in [1.165, 1.54) is 36.2 Å². The standard InChI is InChI=1S/C23H34N2O/c1-5-7-16-24(3)17-15-20-11-13-21(14-12-20)19-25(6-2)22-9-8-10-23(18-22)26-4/h8-14,18H,5-7,15-17,19H2,1-4H3. The Hall–Kier alpha value is -2.00. The second kappa shape index (κ2) is 10.9. The molecule has 0 aliphatic rings. The van der Waals surface area contributed by atoms with E-state index in [0.29, 0.717) is 0 Å². The summed E-state index contributed by atoms with van der Waals surface area (Å²) >= 11 is 0. The largest absolute Gasteiger partial charge is 0.497 e. The predicted octanol–water partition coefficient (Wildman–Crippen LogP) is 5.00. The molecule has 0 atom stereocenters. The van der Waals surface area contributed by atoms with Crippen LogP contribution in [0.25, 0.3) is 0 Å². The first-order valence-electron chi connectivity index (χ1n) is 9.81. The highest BCUT2D eigenvalue weighted by Gasteiger charge is 2.07. The van der Waals surface area contributed by atoms with Crippen LogP contribution in [0.2, 0.25) is 0 Å². The zero-order valence-corrected chi connectivity index (χ0v) is 16.9. The number of unbranched alkanes of at least 4 members (excludes halogenated alkanes) is 1. The van der Waals surface area contributed by atoms with Gasteiger partial charge in [0.15, 0.2) is 0 Å². The topological polar surface area (TPSA) is 15.7 Å². The molecule has 3 nitrogen and oxygen atoms in total. The van der Waals surface area contributed by atoms with Gasteiger partial charge in [0.2, 0.25) is 0 Å². The second-order valence-corrected chi connectivity index (χ2v) is 6.94. The molecule has 0 radical (unpaired) electrons. The maximum absolute atomic E-state index is 5.36. The van der Waals surface area contributed by atoms with Crippen LogP contribution in [-0.4, -0.2) is 38.7 Å². The Balaban J connectivity index is 1.92. The van der Waals surface area contributed by atoms with E-state index in [4.69, 9.17) is 4.74 Å². The Kier molecular flexibility index (Phi) is 8.49. The molecule has 0 amide bonds. The van der Waals surface area contributed by atoms with E-state index in [1.807, 2.05) is 6.07 Å².